The molecule has 1 aromatic carbocycles. The number of hydrogen-bond acceptors (Lipinski definition) is 2. The molecule has 0 aromatic heterocycles. The van der Waals surface area contributed by atoms with Crippen LogP contribution in [0.15, 0.2) is 29.2 Å². The van der Waals surface area contributed by atoms with Crippen molar-refractivity contribution in [3.8, 4) is 0 Å². The summed E-state index contributed by atoms with van der Waals surface area (Å²) in [5, 5.41) is 0. The van der Waals surface area contributed by atoms with Gasteiger partial charge in [0.05, 0.1) is 4.90 Å². The summed E-state index contributed by atoms with van der Waals surface area (Å²) in [5.41, 5.74) is 0.730. The first kappa shape index (κ1) is 26.4. The van der Waals surface area contributed by atoms with Crippen molar-refractivity contribution in [2.24, 2.45) is 0 Å². The number of unbranched alkanes of at least 4 members (excludes halogenated alkanes) is 12. The third-order valence-corrected chi connectivity index (χ3v) is 5.75. The minimum Gasteiger partial charge on any atom is -1.00 e. The maximum atomic E-state index is 11.3. The van der Waals surface area contributed by atoms with Crippen molar-refractivity contribution in [1.82, 2.24) is 0 Å². The summed E-state index contributed by atoms with van der Waals surface area (Å²) >= 11 is 0. The third kappa shape index (κ3) is 12.7. The fourth-order valence-corrected chi connectivity index (χ4v) is 4.05. The topological polar surface area (TPSA) is 54.4 Å². The number of benzene rings is 1. The standard InChI is InChI=1S/C21H36O3S.Ca.2H/c1-2-3-4-5-6-7-8-9-10-11-12-13-14-17-20-18-15-16-19-21(20)25(22,23)24;;;/h15-16,18-19H,2-14,17H2,1H3,(H,22,23,24);;;/q;+2;2*-1. The Morgan fingerprint density at radius 3 is 1.65 bits per heavy atom. The van der Waals surface area contributed by atoms with Gasteiger partial charge in [-0.2, -0.15) is 8.42 Å². The Balaban J connectivity index is -0.00000208. The van der Waals surface area contributed by atoms with Crippen LogP contribution in [0.4, 0.5) is 0 Å². The smallest absolute Gasteiger partial charge is 1.00 e. The van der Waals surface area contributed by atoms with Crippen LogP contribution < -0.4 is 0 Å². The van der Waals surface area contributed by atoms with E-state index in [1.165, 1.54) is 76.7 Å². The summed E-state index contributed by atoms with van der Waals surface area (Å²) in [6.07, 6.45) is 17.6. The van der Waals surface area contributed by atoms with Gasteiger partial charge < -0.3 is 2.85 Å². The van der Waals surface area contributed by atoms with E-state index in [-0.39, 0.29) is 45.5 Å². The molecule has 3 nitrogen and oxygen atoms in total. The second-order valence-corrected chi connectivity index (χ2v) is 8.47. The van der Waals surface area contributed by atoms with Gasteiger partial charge in [-0.15, -0.1) is 0 Å². The maximum absolute atomic E-state index is 11.3. The van der Waals surface area contributed by atoms with E-state index in [0.717, 1.165) is 18.4 Å². The molecule has 0 fully saturated rings. The molecule has 0 aliphatic carbocycles. The SMILES string of the molecule is CCCCCCCCCCCCCCCc1ccccc1S(=O)(=O)O.[Ca+2].[H-].[H-]. The zero-order chi connectivity index (χ0) is 18.4. The molecular formula is C21H38CaO3S. The minimum atomic E-state index is -4.10. The van der Waals surface area contributed by atoms with Gasteiger partial charge in [0.2, 0.25) is 0 Å². The predicted octanol–water partition coefficient (Wildman–Crippen LogP) is 6.41. The summed E-state index contributed by atoms with van der Waals surface area (Å²) in [4.78, 5) is 0.0638. The first-order chi connectivity index (χ1) is 12.1. The van der Waals surface area contributed by atoms with Crippen molar-refractivity contribution in [2.75, 3.05) is 0 Å². The molecule has 26 heavy (non-hydrogen) atoms. The fraction of sp³-hybridized carbons (Fsp3) is 0.714. The molecule has 148 valence electrons. The van der Waals surface area contributed by atoms with Gasteiger partial charge in [-0.05, 0) is 24.5 Å². The van der Waals surface area contributed by atoms with Crippen LogP contribution in [0.25, 0.3) is 0 Å². The van der Waals surface area contributed by atoms with Crippen LogP contribution in [-0.4, -0.2) is 50.7 Å². The molecule has 0 saturated carbocycles. The average molecular weight is 411 g/mol. The predicted molar refractivity (Wildman–Crippen MR) is 114 cm³/mol. The molecule has 1 aromatic rings. The van der Waals surface area contributed by atoms with Crippen LogP contribution in [0.5, 0.6) is 0 Å². The quantitative estimate of drug-likeness (QED) is 0.206. The molecule has 0 aliphatic heterocycles. The third-order valence-electron chi connectivity index (χ3n) is 4.80. The molecule has 5 heteroatoms. The molecule has 0 bridgehead atoms. The van der Waals surface area contributed by atoms with E-state index in [1.54, 1.807) is 12.1 Å². The molecule has 0 spiro atoms. The van der Waals surface area contributed by atoms with Crippen LogP contribution in [0.1, 0.15) is 98.8 Å². The monoisotopic (exact) mass is 410 g/mol. The van der Waals surface area contributed by atoms with E-state index in [4.69, 9.17) is 0 Å². The molecule has 0 heterocycles. The van der Waals surface area contributed by atoms with E-state index < -0.39 is 10.1 Å². The Kier molecular flexibility index (Phi) is 16.6. The van der Waals surface area contributed by atoms with Gasteiger partial charge in [-0.3, -0.25) is 4.55 Å². The molecular weight excluding hydrogens is 372 g/mol. The summed E-state index contributed by atoms with van der Waals surface area (Å²) in [6, 6.07) is 6.75. The van der Waals surface area contributed by atoms with Crippen LogP contribution >= 0.6 is 0 Å². The number of hydrogen-bond donors (Lipinski definition) is 1. The minimum absolute atomic E-state index is 0. The summed E-state index contributed by atoms with van der Waals surface area (Å²) < 4.78 is 31.9. The molecule has 0 saturated heterocycles. The van der Waals surface area contributed by atoms with Crippen LogP contribution in [0.2, 0.25) is 0 Å². The first-order valence-electron chi connectivity index (χ1n) is 10.1. The molecule has 1 N–H and O–H groups in total. The van der Waals surface area contributed by atoms with E-state index in [1.807, 2.05) is 6.07 Å². The second-order valence-electron chi connectivity index (χ2n) is 7.08. The van der Waals surface area contributed by atoms with Crippen molar-refractivity contribution < 1.29 is 15.8 Å². The first-order valence-corrected chi connectivity index (χ1v) is 11.5. The molecule has 0 amide bonds. The number of aryl methyl sites for hydroxylation is 1. The average Bonchev–Trinajstić information content (AvgIpc) is 2.58. The van der Waals surface area contributed by atoms with Crippen LogP contribution in [0.3, 0.4) is 0 Å². The molecule has 0 unspecified atom stereocenters. The normalized spacial score (nSPS) is 11.3. The fourth-order valence-electron chi connectivity index (χ4n) is 3.30. The zero-order valence-corrected chi connectivity index (χ0v) is 19.6. The van der Waals surface area contributed by atoms with Gasteiger partial charge in [0, 0.05) is 0 Å². The van der Waals surface area contributed by atoms with E-state index in [2.05, 4.69) is 6.92 Å². The second kappa shape index (κ2) is 16.4. The molecule has 0 aliphatic rings. The van der Waals surface area contributed by atoms with Crippen molar-refractivity contribution in [3.05, 3.63) is 29.8 Å². The summed E-state index contributed by atoms with van der Waals surface area (Å²) in [7, 11) is -4.10. The Bertz CT molecular complexity index is 569. The van der Waals surface area contributed by atoms with Gasteiger partial charge in [-0.1, -0.05) is 102 Å². The summed E-state index contributed by atoms with van der Waals surface area (Å²) in [5.74, 6) is 0. The van der Waals surface area contributed by atoms with Gasteiger partial charge in [0.1, 0.15) is 0 Å². The van der Waals surface area contributed by atoms with Crippen LogP contribution in [0, 0.1) is 0 Å². The molecule has 1 rings (SSSR count). The Labute approximate surface area is 194 Å². The van der Waals surface area contributed by atoms with Crippen molar-refractivity contribution in [2.45, 2.75) is 102 Å². The van der Waals surface area contributed by atoms with Crippen molar-refractivity contribution in [3.63, 3.8) is 0 Å². The van der Waals surface area contributed by atoms with Crippen molar-refractivity contribution in [1.29, 1.82) is 0 Å². The van der Waals surface area contributed by atoms with Crippen LogP contribution in [-0.2, 0) is 16.5 Å². The van der Waals surface area contributed by atoms with Gasteiger partial charge in [-0.25, -0.2) is 0 Å². The van der Waals surface area contributed by atoms with E-state index in [9.17, 15) is 13.0 Å². The Hall–Kier alpha value is 0.390. The van der Waals surface area contributed by atoms with Gasteiger partial charge in [0.25, 0.3) is 10.1 Å². The summed E-state index contributed by atoms with van der Waals surface area (Å²) in [6.45, 7) is 2.26. The van der Waals surface area contributed by atoms with E-state index >= 15 is 0 Å². The van der Waals surface area contributed by atoms with E-state index in [0.29, 0.717) is 6.42 Å². The Morgan fingerprint density at radius 2 is 1.19 bits per heavy atom. The maximum Gasteiger partial charge on any atom is 2.00 e. The zero-order valence-electron chi connectivity index (χ0n) is 18.6. The largest absolute Gasteiger partial charge is 2.00 e. The van der Waals surface area contributed by atoms with Gasteiger partial charge in [0.15, 0.2) is 0 Å². The number of rotatable bonds is 15. The molecule has 0 radical (unpaired) electrons. The molecule has 0 atom stereocenters. The Morgan fingerprint density at radius 1 is 0.769 bits per heavy atom. The van der Waals surface area contributed by atoms with Crippen molar-refractivity contribution >= 4 is 47.9 Å². The van der Waals surface area contributed by atoms with Gasteiger partial charge >= 0.3 is 37.7 Å².